The van der Waals surface area contributed by atoms with Crippen molar-refractivity contribution in [1.29, 1.82) is 0 Å². The Hall–Kier alpha value is -2.77. The number of aromatic nitrogens is 5. The average molecular weight is 642 g/mol. The highest BCUT2D eigenvalue weighted by molar-refractivity contribution is 14.1. The first kappa shape index (κ1) is 25.2. The molecule has 11 heteroatoms. The van der Waals surface area contributed by atoms with Gasteiger partial charge in [0.25, 0.3) is 0 Å². The van der Waals surface area contributed by atoms with Crippen LogP contribution in [0.15, 0.2) is 30.5 Å². The highest BCUT2D eigenvalue weighted by Crippen LogP contribution is 2.40. The number of nitrogens with zero attached hydrogens (tertiary/aromatic N) is 7. The first-order valence-corrected chi connectivity index (χ1v) is 14.6. The molecular weight excluding hydrogens is 613 g/mol. The molecule has 4 aromatic rings. The molecule has 1 saturated carbocycles. The van der Waals surface area contributed by atoms with Gasteiger partial charge in [0.2, 0.25) is 5.95 Å². The van der Waals surface area contributed by atoms with Crippen LogP contribution in [0, 0.1) is 15.5 Å². The predicted molar refractivity (Wildman–Crippen MR) is 154 cm³/mol. The first-order chi connectivity index (χ1) is 18.9. The molecule has 3 aromatic heterocycles. The summed E-state index contributed by atoms with van der Waals surface area (Å²) in [7, 11) is 2.22. The fourth-order valence-electron chi connectivity index (χ4n) is 5.89. The van der Waals surface area contributed by atoms with Crippen LogP contribution >= 0.6 is 22.6 Å². The second kappa shape index (κ2) is 10.0. The number of halogens is 3. The van der Waals surface area contributed by atoms with E-state index in [4.69, 9.17) is 4.98 Å². The zero-order valence-corrected chi connectivity index (χ0v) is 23.8. The lowest BCUT2D eigenvalue weighted by molar-refractivity contribution is 0.180. The van der Waals surface area contributed by atoms with E-state index in [0.717, 1.165) is 54.6 Å². The zero-order chi connectivity index (χ0) is 26.7. The van der Waals surface area contributed by atoms with E-state index in [0.29, 0.717) is 34.5 Å². The van der Waals surface area contributed by atoms with Gasteiger partial charge >= 0.3 is 0 Å². The lowest BCUT2D eigenvalue weighted by Gasteiger charge is -2.32. The number of hydrogen-bond donors (Lipinski definition) is 1. The lowest BCUT2D eigenvalue weighted by atomic mass is 10.0. The molecule has 1 aliphatic carbocycles. The Bertz CT molecular complexity index is 1570. The van der Waals surface area contributed by atoms with Crippen LogP contribution in [-0.2, 0) is 13.0 Å². The predicted octanol–water partition coefficient (Wildman–Crippen LogP) is 5.30. The minimum absolute atomic E-state index is 0.0392. The highest BCUT2D eigenvalue weighted by atomic mass is 127. The van der Waals surface area contributed by atoms with Crippen LogP contribution in [0.4, 0.5) is 20.5 Å². The van der Waals surface area contributed by atoms with E-state index in [1.807, 2.05) is 10.6 Å². The van der Waals surface area contributed by atoms with E-state index >= 15 is 4.39 Å². The van der Waals surface area contributed by atoms with Gasteiger partial charge in [-0.3, -0.25) is 4.90 Å². The van der Waals surface area contributed by atoms with E-state index < -0.39 is 11.6 Å². The maximum absolute atomic E-state index is 15.0. The summed E-state index contributed by atoms with van der Waals surface area (Å²) in [5.41, 5.74) is 3.65. The fourth-order valence-corrected chi connectivity index (χ4v) is 6.79. The van der Waals surface area contributed by atoms with Crippen molar-refractivity contribution in [2.24, 2.45) is 0 Å². The molecule has 39 heavy (non-hydrogen) atoms. The molecule has 1 saturated heterocycles. The molecular formula is C28H29F2IN8. The number of nitrogens with one attached hydrogen (secondary N) is 1. The Kier molecular flexibility index (Phi) is 6.47. The molecule has 8 nitrogen and oxygen atoms in total. The summed E-state index contributed by atoms with van der Waals surface area (Å²) >= 11 is 2.13. The summed E-state index contributed by atoms with van der Waals surface area (Å²) in [6, 6.07) is 8.03. The van der Waals surface area contributed by atoms with Gasteiger partial charge in [-0.15, -0.1) is 0 Å². The summed E-state index contributed by atoms with van der Waals surface area (Å²) in [6.07, 6.45) is 6.61. The van der Waals surface area contributed by atoms with Crippen LogP contribution in [0.5, 0.6) is 0 Å². The van der Waals surface area contributed by atoms with Gasteiger partial charge in [0.1, 0.15) is 17.0 Å². The molecule has 3 aliphatic rings. The molecule has 2 aliphatic heterocycles. The highest BCUT2D eigenvalue weighted by Gasteiger charge is 2.29. The Balaban J connectivity index is 1.12. The number of likely N-dealkylation sites (tertiary alicyclic amines) is 1. The molecule has 0 spiro atoms. The molecule has 7 rings (SSSR count). The van der Waals surface area contributed by atoms with Crippen LogP contribution < -0.4 is 5.32 Å². The summed E-state index contributed by atoms with van der Waals surface area (Å²) in [5.74, 6) is -0.278. The van der Waals surface area contributed by atoms with Crippen LogP contribution in [-0.4, -0.2) is 67.0 Å². The Labute approximate surface area is 239 Å². The number of imidazole rings is 1. The number of rotatable bonds is 6. The Morgan fingerprint density at radius 1 is 1.05 bits per heavy atom. The molecule has 0 bridgehead atoms. The molecule has 0 radical (unpaired) electrons. The minimum atomic E-state index is -0.613. The molecule has 0 unspecified atom stereocenters. The van der Waals surface area contributed by atoms with Crippen LogP contribution in [0.2, 0.25) is 0 Å². The van der Waals surface area contributed by atoms with Gasteiger partial charge < -0.3 is 14.8 Å². The summed E-state index contributed by atoms with van der Waals surface area (Å²) < 4.78 is 32.7. The first-order valence-electron chi connectivity index (χ1n) is 13.5. The number of fused-ring (bicyclic) bond motifs is 2. The van der Waals surface area contributed by atoms with Crippen molar-refractivity contribution in [3.8, 4) is 11.3 Å². The number of likely N-dealkylation sites (N-methyl/N-ethyl adjacent to an activating group) is 1. The summed E-state index contributed by atoms with van der Waals surface area (Å²) in [4.78, 5) is 22.7. The molecule has 0 amide bonds. The van der Waals surface area contributed by atoms with Crippen molar-refractivity contribution < 1.29 is 8.78 Å². The normalized spacial score (nSPS) is 20.1. The summed E-state index contributed by atoms with van der Waals surface area (Å²) in [6.45, 7) is 4.16. The third-order valence-corrected chi connectivity index (χ3v) is 8.90. The minimum Gasteiger partial charge on any atom is -0.316 e. The molecule has 1 atom stereocenters. The maximum atomic E-state index is 15.0. The number of anilines is 2. The fraction of sp³-hybridized carbons (Fsp3) is 0.429. The second-order valence-electron chi connectivity index (χ2n) is 10.9. The smallest absolute Gasteiger partial charge is 0.229 e. The lowest BCUT2D eigenvalue weighted by Crippen LogP contribution is -2.41. The SMILES string of the molecule is CN1CCC[C@@H]1CN1CCc2nc(Nc3ncc(F)c(-c4cc(F)c5nc(I)n(C6CC6)c5c4)n3)ccc2C1. The van der Waals surface area contributed by atoms with Gasteiger partial charge in [-0.25, -0.2) is 28.7 Å². The van der Waals surface area contributed by atoms with E-state index in [1.54, 1.807) is 6.07 Å². The van der Waals surface area contributed by atoms with E-state index in [9.17, 15) is 4.39 Å². The van der Waals surface area contributed by atoms with Crippen LogP contribution in [0.1, 0.15) is 43.0 Å². The second-order valence-corrected chi connectivity index (χ2v) is 11.9. The van der Waals surface area contributed by atoms with Crippen LogP contribution in [0.3, 0.4) is 0 Å². The quantitative estimate of drug-likeness (QED) is 0.286. The van der Waals surface area contributed by atoms with Crippen LogP contribution in [0.25, 0.3) is 22.3 Å². The number of hydrogen-bond acceptors (Lipinski definition) is 7. The van der Waals surface area contributed by atoms with Gasteiger partial charge in [0, 0.05) is 49.4 Å². The van der Waals surface area contributed by atoms with E-state index in [-0.39, 0.29) is 11.6 Å². The zero-order valence-electron chi connectivity index (χ0n) is 21.7. The van der Waals surface area contributed by atoms with Gasteiger partial charge in [0.15, 0.2) is 15.5 Å². The van der Waals surface area contributed by atoms with Crippen molar-refractivity contribution in [1.82, 2.24) is 34.3 Å². The Morgan fingerprint density at radius 3 is 2.72 bits per heavy atom. The Morgan fingerprint density at radius 2 is 1.92 bits per heavy atom. The standard InChI is InChI=1S/C28H29F2IN8/c1-37-9-2-3-19(37)15-38-10-8-22-16(14-38)4-7-24(33-22)34-28-32-13-21(30)25(36-28)17-11-20(29)26-23(12-17)39(18-5-6-18)27(31)35-26/h4,7,11-13,18-19H,2-3,5-6,8-10,14-15H2,1H3,(H,32,33,34,36)/t19-/m1/s1. The van der Waals surface area contributed by atoms with Gasteiger partial charge in [-0.1, -0.05) is 6.07 Å². The summed E-state index contributed by atoms with van der Waals surface area (Å²) in [5, 5.41) is 3.13. The molecule has 5 heterocycles. The molecule has 2 fully saturated rings. The van der Waals surface area contributed by atoms with Crippen molar-refractivity contribution >= 4 is 45.4 Å². The largest absolute Gasteiger partial charge is 0.316 e. The van der Waals surface area contributed by atoms with Crippen molar-refractivity contribution in [2.45, 2.75) is 50.7 Å². The maximum Gasteiger partial charge on any atom is 0.229 e. The molecule has 202 valence electrons. The number of benzene rings is 1. The van der Waals surface area contributed by atoms with Gasteiger partial charge in [0.05, 0.1) is 11.7 Å². The third kappa shape index (κ3) is 4.89. The monoisotopic (exact) mass is 642 g/mol. The topological polar surface area (TPSA) is 75.0 Å². The molecule has 1 aromatic carbocycles. The van der Waals surface area contributed by atoms with E-state index in [2.05, 4.69) is 65.8 Å². The average Bonchev–Trinajstić information content (AvgIpc) is 3.59. The van der Waals surface area contributed by atoms with Gasteiger partial charge in [-0.2, -0.15) is 0 Å². The molecule has 1 N–H and O–H groups in total. The number of pyridine rings is 1. The van der Waals surface area contributed by atoms with Crippen molar-refractivity contribution in [3.05, 3.63) is 57.2 Å². The van der Waals surface area contributed by atoms with Crippen molar-refractivity contribution in [3.63, 3.8) is 0 Å². The van der Waals surface area contributed by atoms with Gasteiger partial charge in [-0.05, 0) is 85.6 Å². The third-order valence-electron chi connectivity index (χ3n) is 8.14. The van der Waals surface area contributed by atoms with Crippen molar-refractivity contribution in [2.75, 3.05) is 32.0 Å². The van der Waals surface area contributed by atoms with E-state index in [1.165, 1.54) is 31.0 Å².